The van der Waals surface area contributed by atoms with Crippen LogP contribution < -0.4 is 19.7 Å². The van der Waals surface area contributed by atoms with Crippen molar-refractivity contribution in [1.29, 1.82) is 0 Å². The number of anilines is 2. The van der Waals surface area contributed by atoms with Gasteiger partial charge in [0.2, 0.25) is 0 Å². The summed E-state index contributed by atoms with van der Waals surface area (Å²) in [6, 6.07) is 25.5. The van der Waals surface area contributed by atoms with Gasteiger partial charge in [-0.25, -0.2) is 4.79 Å². The van der Waals surface area contributed by atoms with Crippen LogP contribution in [0, 0.1) is 0 Å². The lowest BCUT2D eigenvalue weighted by molar-refractivity contribution is 0.194. The van der Waals surface area contributed by atoms with Gasteiger partial charge >= 0.3 is 6.03 Å². The highest BCUT2D eigenvalue weighted by atomic mass is 16.5. The molecule has 0 unspecified atom stereocenters. The number of benzene rings is 3. The van der Waals surface area contributed by atoms with E-state index in [1.165, 1.54) is 0 Å². The molecule has 184 valence electrons. The molecule has 2 heterocycles. The summed E-state index contributed by atoms with van der Waals surface area (Å²) < 4.78 is 13.1. The van der Waals surface area contributed by atoms with Gasteiger partial charge < -0.3 is 29.2 Å². The number of carbonyl (C=O) groups is 1. The van der Waals surface area contributed by atoms with Crippen LogP contribution in [0.3, 0.4) is 0 Å². The summed E-state index contributed by atoms with van der Waals surface area (Å²) in [6.45, 7) is 0.441. The first-order valence-electron chi connectivity index (χ1n) is 11.8. The van der Waals surface area contributed by atoms with Crippen molar-refractivity contribution >= 4 is 17.4 Å². The molecule has 5 rings (SSSR count). The number of hydrogen-bond donors (Lipinski definition) is 1. The van der Waals surface area contributed by atoms with Gasteiger partial charge in [-0.05, 0) is 53.6 Å². The fourth-order valence-electron chi connectivity index (χ4n) is 4.74. The molecule has 3 aromatic carbocycles. The molecule has 7 heteroatoms. The molecule has 0 saturated carbocycles. The predicted octanol–water partition coefficient (Wildman–Crippen LogP) is 5.70. The highest BCUT2D eigenvalue weighted by molar-refractivity contribution is 5.92. The molecule has 0 fully saturated rings. The van der Waals surface area contributed by atoms with Crippen LogP contribution >= 0.6 is 0 Å². The van der Waals surface area contributed by atoms with Gasteiger partial charge in [-0.15, -0.1) is 0 Å². The largest absolute Gasteiger partial charge is 0.497 e. The van der Waals surface area contributed by atoms with Crippen molar-refractivity contribution in [2.24, 2.45) is 0 Å². The van der Waals surface area contributed by atoms with Crippen LogP contribution in [0.2, 0.25) is 0 Å². The first-order chi connectivity index (χ1) is 17.5. The van der Waals surface area contributed by atoms with E-state index in [0.717, 1.165) is 28.2 Å². The Bertz CT molecular complexity index is 1380. The first kappa shape index (κ1) is 23.4. The number of hydrogen-bond acceptors (Lipinski definition) is 4. The van der Waals surface area contributed by atoms with Crippen molar-refractivity contribution in [2.45, 2.75) is 12.6 Å². The average molecular weight is 483 g/mol. The molecule has 2 amide bonds. The lowest BCUT2D eigenvalue weighted by Crippen LogP contribution is -2.38. The molecule has 0 spiro atoms. The summed E-state index contributed by atoms with van der Waals surface area (Å²) in [4.78, 5) is 17.9. The topological polar surface area (TPSA) is 59.0 Å². The van der Waals surface area contributed by atoms with E-state index < -0.39 is 0 Å². The van der Waals surface area contributed by atoms with Crippen LogP contribution in [0.4, 0.5) is 16.2 Å². The van der Waals surface area contributed by atoms with Crippen molar-refractivity contribution < 1.29 is 14.3 Å². The number of rotatable bonds is 5. The van der Waals surface area contributed by atoms with E-state index in [2.05, 4.69) is 63.4 Å². The standard InChI is InChI=1S/C29H30N4O3/c1-31(2)22-13-11-20(12-14-22)28-26-10-7-17-32(26)25-9-6-5-8-21(25)19-33(28)29(34)30-24-18-23(35-3)15-16-27(24)36-4/h5-18,28H,19H2,1-4H3,(H,30,34)/t28-/m0/s1. The number of para-hydroxylation sites is 1. The monoisotopic (exact) mass is 482 g/mol. The molecular weight excluding hydrogens is 452 g/mol. The SMILES string of the molecule is COc1ccc(OC)c(NC(=O)N2Cc3ccccc3-n3cccc3[C@@H]2c2ccc(N(C)C)cc2)c1. The smallest absolute Gasteiger partial charge is 0.323 e. The first-order valence-corrected chi connectivity index (χ1v) is 11.8. The van der Waals surface area contributed by atoms with Gasteiger partial charge in [0.1, 0.15) is 11.5 Å². The Balaban J connectivity index is 1.61. The van der Waals surface area contributed by atoms with Crippen LogP contribution in [-0.2, 0) is 6.54 Å². The van der Waals surface area contributed by atoms with E-state index >= 15 is 0 Å². The Kier molecular flexibility index (Phi) is 6.29. The second kappa shape index (κ2) is 9.70. The van der Waals surface area contributed by atoms with Crippen LogP contribution in [0.1, 0.15) is 22.9 Å². The Morgan fingerprint density at radius 1 is 0.944 bits per heavy atom. The molecule has 0 bridgehead atoms. The average Bonchev–Trinajstić information content (AvgIpc) is 3.33. The van der Waals surface area contributed by atoms with Crippen molar-refractivity contribution in [3.63, 3.8) is 0 Å². The van der Waals surface area contributed by atoms with Gasteiger partial charge in [0.15, 0.2) is 0 Å². The van der Waals surface area contributed by atoms with E-state index in [-0.39, 0.29) is 12.1 Å². The Morgan fingerprint density at radius 3 is 2.44 bits per heavy atom. The van der Waals surface area contributed by atoms with Gasteiger partial charge in [0, 0.05) is 37.7 Å². The Hall–Kier alpha value is -4.39. The molecule has 36 heavy (non-hydrogen) atoms. The van der Waals surface area contributed by atoms with E-state index in [1.807, 2.05) is 37.2 Å². The Morgan fingerprint density at radius 2 is 1.72 bits per heavy atom. The third-order valence-corrected chi connectivity index (χ3v) is 6.60. The van der Waals surface area contributed by atoms with E-state index in [0.29, 0.717) is 23.7 Å². The number of ether oxygens (including phenoxy) is 2. The zero-order valence-electron chi connectivity index (χ0n) is 20.9. The summed E-state index contributed by atoms with van der Waals surface area (Å²) in [5, 5.41) is 3.08. The molecule has 1 N–H and O–H groups in total. The summed E-state index contributed by atoms with van der Waals surface area (Å²) >= 11 is 0. The minimum Gasteiger partial charge on any atom is -0.497 e. The van der Waals surface area contributed by atoms with E-state index in [9.17, 15) is 4.79 Å². The van der Waals surface area contributed by atoms with Crippen LogP contribution in [-0.4, -0.2) is 43.8 Å². The molecule has 1 atom stereocenters. The molecule has 0 radical (unpaired) electrons. The summed E-state index contributed by atoms with van der Waals surface area (Å²) in [5.41, 5.74) is 5.84. The highest BCUT2D eigenvalue weighted by Gasteiger charge is 2.33. The molecule has 7 nitrogen and oxygen atoms in total. The molecule has 4 aromatic rings. The molecule has 0 saturated heterocycles. The predicted molar refractivity (Wildman–Crippen MR) is 142 cm³/mol. The maximum absolute atomic E-state index is 14.0. The summed E-state index contributed by atoms with van der Waals surface area (Å²) in [5.74, 6) is 1.20. The zero-order valence-corrected chi connectivity index (χ0v) is 20.9. The maximum atomic E-state index is 14.0. The molecular formula is C29H30N4O3. The number of nitrogens with zero attached hydrogens (tertiary/aromatic N) is 3. The molecule has 1 aliphatic rings. The van der Waals surface area contributed by atoms with Crippen LogP contribution in [0.15, 0.2) is 85.1 Å². The minimum absolute atomic E-state index is 0.229. The minimum atomic E-state index is -0.305. The second-order valence-electron chi connectivity index (χ2n) is 8.94. The van der Waals surface area contributed by atoms with E-state index in [1.54, 1.807) is 32.4 Å². The fraction of sp³-hybridized carbons (Fsp3) is 0.207. The van der Waals surface area contributed by atoms with Gasteiger partial charge in [0.25, 0.3) is 0 Å². The normalized spacial score (nSPS) is 14.3. The number of amides is 2. The number of carbonyl (C=O) groups excluding carboxylic acids is 1. The lowest BCUT2D eigenvalue weighted by Gasteiger charge is -2.31. The highest BCUT2D eigenvalue weighted by Crippen LogP contribution is 2.38. The van der Waals surface area contributed by atoms with Gasteiger partial charge in [0.05, 0.1) is 38.2 Å². The number of fused-ring (bicyclic) bond motifs is 3. The quantitative estimate of drug-likeness (QED) is 0.397. The number of nitrogens with one attached hydrogen (secondary N) is 1. The zero-order chi connectivity index (χ0) is 25.2. The molecule has 0 aliphatic carbocycles. The maximum Gasteiger partial charge on any atom is 0.323 e. The lowest BCUT2D eigenvalue weighted by atomic mass is 10.0. The second-order valence-corrected chi connectivity index (χ2v) is 8.94. The number of aromatic nitrogens is 1. The number of methoxy groups -OCH3 is 2. The third kappa shape index (κ3) is 4.24. The molecule has 1 aliphatic heterocycles. The van der Waals surface area contributed by atoms with E-state index in [4.69, 9.17) is 9.47 Å². The van der Waals surface area contributed by atoms with Crippen LogP contribution in [0.5, 0.6) is 11.5 Å². The van der Waals surface area contributed by atoms with Crippen molar-refractivity contribution in [3.8, 4) is 17.2 Å². The number of urea groups is 1. The van der Waals surface area contributed by atoms with Crippen molar-refractivity contribution in [3.05, 3.63) is 102 Å². The Labute approximate surface area is 211 Å². The summed E-state index contributed by atoms with van der Waals surface area (Å²) in [7, 11) is 7.22. The van der Waals surface area contributed by atoms with Crippen molar-refractivity contribution in [1.82, 2.24) is 9.47 Å². The van der Waals surface area contributed by atoms with Crippen LogP contribution in [0.25, 0.3) is 5.69 Å². The van der Waals surface area contributed by atoms with Crippen molar-refractivity contribution in [2.75, 3.05) is 38.5 Å². The van der Waals surface area contributed by atoms with Gasteiger partial charge in [-0.3, -0.25) is 0 Å². The summed E-state index contributed by atoms with van der Waals surface area (Å²) in [6.07, 6.45) is 2.06. The van der Waals surface area contributed by atoms with Gasteiger partial charge in [-0.2, -0.15) is 0 Å². The van der Waals surface area contributed by atoms with Gasteiger partial charge in [-0.1, -0.05) is 30.3 Å². The molecule has 1 aromatic heterocycles. The third-order valence-electron chi connectivity index (χ3n) is 6.60. The fourth-order valence-corrected chi connectivity index (χ4v) is 4.74.